The third-order valence-electron chi connectivity index (χ3n) is 7.75. The van der Waals surface area contributed by atoms with E-state index < -0.39 is 30.4 Å². The van der Waals surface area contributed by atoms with Crippen molar-refractivity contribution in [2.45, 2.75) is 142 Å². The predicted molar refractivity (Wildman–Crippen MR) is 149 cm³/mol. The predicted octanol–water partition coefficient (Wildman–Crippen LogP) is 7.47. The van der Waals surface area contributed by atoms with Gasteiger partial charge < -0.3 is 18.9 Å². The highest BCUT2D eigenvalue weighted by molar-refractivity contribution is 5.86. The zero-order valence-electron chi connectivity index (χ0n) is 24.3. The first-order valence-corrected chi connectivity index (χ1v) is 15.1. The lowest BCUT2D eigenvalue weighted by atomic mass is 9.78. The molecule has 6 nitrogen and oxygen atoms in total. The number of hydrogen-bond donors (Lipinski definition) is 0. The molecule has 1 heterocycles. The van der Waals surface area contributed by atoms with Gasteiger partial charge in [-0.3, -0.25) is 0 Å². The van der Waals surface area contributed by atoms with E-state index in [0.29, 0.717) is 0 Å². The molecule has 2 fully saturated rings. The van der Waals surface area contributed by atoms with E-state index in [9.17, 15) is 9.59 Å². The maximum absolute atomic E-state index is 12.6. The van der Waals surface area contributed by atoms with Crippen molar-refractivity contribution in [1.82, 2.24) is 0 Å². The third-order valence-corrected chi connectivity index (χ3v) is 7.75. The third kappa shape index (κ3) is 9.68. The Balaban J connectivity index is 1.44. The summed E-state index contributed by atoms with van der Waals surface area (Å²) in [5.41, 5.74) is 2.05. The molecule has 3 rings (SSSR count). The van der Waals surface area contributed by atoms with Crippen molar-refractivity contribution in [3.63, 3.8) is 0 Å². The Hall–Kier alpha value is -1.92. The molecule has 0 N–H and O–H groups in total. The van der Waals surface area contributed by atoms with E-state index in [2.05, 4.69) is 19.1 Å². The summed E-state index contributed by atoms with van der Waals surface area (Å²) in [6.07, 6.45) is 12.4. The SMILES string of the molecule is CCCCCC1CCC(CCCCc2ccc(C3O[C@@H](C(=O)OC(C)C)[C@H](C(=O)OC(C)C)O3)cc2)CC1. The van der Waals surface area contributed by atoms with Crippen LogP contribution in [0, 0.1) is 11.8 Å². The second-order valence-electron chi connectivity index (χ2n) is 11.8. The van der Waals surface area contributed by atoms with E-state index in [4.69, 9.17) is 18.9 Å². The van der Waals surface area contributed by atoms with Crippen LogP contribution >= 0.6 is 0 Å². The van der Waals surface area contributed by atoms with E-state index in [1.54, 1.807) is 27.7 Å². The number of benzene rings is 1. The average molecular weight is 531 g/mol. The van der Waals surface area contributed by atoms with Crippen molar-refractivity contribution in [3.8, 4) is 0 Å². The van der Waals surface area contributed by atoms with Crippen LogP contribution in [0.2, 0.25) is 0 Å². The number of unbranched alkanes of at least 4 members (excludes halogenated alkanes) is 3. The van der Waals surface area contributed by atoms with Gasteiger partial charge in [-0.05, 0) is 57.9 Å². The summed E-state index contributed by atoms with van der Waals surface area (Å²) in [7, 11) is 0. The number of esters is 2. The summed E-state index contributed by atoms with van der Waals surface area (Å²) < 4.78 is 22.3. The van der Waals surface area contributed by atoms with Gasteiger partial charge in [-0.1, -0.05) is 95.4 Å². The van der Waals surface area contributed by atoms with Crippen molar-refractivity contribution in [2.24, 2.45) is 11.8 Å². The number of carbonyl (C=O) groups excluding carboxylic acids is 2. The van der Waals surface area contributed by atoms with E-state index >= 15 is 0 Å². The number of hydrogen-bond acceptors (Lipinski definition) is 6. The fraction of sp³-hybridized carbons (Fsp3) is 0.750. The first kappa shape index (κ1) is 30.6. The second kappa shape index (κ2) is 15.6. The molecule has 214 valence electrons. The molecule has 1 aliphatic heterocycles. The fourth-order valence-electron chi connectivity index (χ4n) is 5.65. The highest BCUT2D eigenvalue weighted by Gasteiger charge is 2.48. The quantitative estimate of drug-likeness (QED) is 0.183. The Kier molecular flexibility index (Phi) is 12.6. The monoisotopic (exact) mass is 530 g/mol. The Bertz CT molecular complexity index is 810. The molecule has 6 heteroatoms. The van der Waals surface area contributed by atoms with Crippen LogP contribution in [0.5, 0.6) is 0 Å². The zero-order valence-corrected chi connectivity index (χ0v) is 24.3. The molecular formula is C32H50O6. The molecule has 0 aromatic heterocycles. The normalized spacial score (nSPS) is 24.2. The second-order valence-corrected chi connectivity index (χ2v) is 11.8. The van der Waals surface area contributed by atoms with Crippen LogP contribution in [0.3, 0.4) is 0 Å². The largest absolute Gasteiger partial charge is 0.461 e. The minimum Gasteiger partial charge on any atom is -0.461 e. The molecule has 2 atom stereocenters. The molecule has 1 aromatic carbocycles. The molecule has 2 aliphatic rings. The van der Waals surface area contributed by atoms with Gasteiger partial charge in [-0.2, -0.15) is 0 Å². The number of aryl methyl sites for hydroxylation is 1. The van der Waals surface area contributed by atoms with Crippen LogP contribution in [0.15, 0.2) is 24.3 Å². The Labute approximate surface area is 230 Å². The lowest BCUT2D eigenvalue weighted by Gasteiger charge is -2.28. The van der Waals surface area contributed by atoms with Gasteiger partial charge in [-0.25, -0.2) is 9.59 Å². The summed E-state index contributed by atoms with van der Waals surface area (Å²) in [5, 5.41) is 0. The molecule has 1 aliphatic carbocycles. The van der Waals surface area contributed by atoms with Crippen LogP contribution in [-0.2, 0) is 35.0 Å². The Morgan fingerprint density at radius 3 is 1.68 bits per heavy atom. The lowest BCUT2D eigenvalue weighted by Crippen LogP contribution is -2.40. The minimum atomic E-state index is -1.15. The van der Waals surface area contributed by atoms with Crippen molar-refractivity contribution in [1.29, 1.82) is 0 Å². The van der Waals surface area contributed by atoms with Crippen LogP contribution in [-0.4, -0.2) is 36.4 Å². The van der Waals surface area contributed by atoms with E-state index in [1.807, 2.05) is 12.1 Å². The minimum absolute atomic E-state index is 0.322. The molecule has 1 saturated carbocycles. The fourth-order valence-corrected chi connectivity index (χ4v) is 5.65. The average Bonchev–Trinajstić information content (AvgIpc) is 3.33. The first-order chi connectivity index (χ1) is 18.3. The van der Waals surface area contributed by atoms with Gasteiger partial charge >= 0.3 is 11.9 Å². The van der Waals surface area contributed by atoms with Gasteiger partial charge in [0.2, 0.25) is 0 Å². The smallest absolute Gasteiger partial charge is 0.339 e. The summed E-state index contributed by atoms with van der Waals surface area (Å²) in [6, 6.07) is 8.09. The molecule has 1 saturated heterocycles. The summed E-state index contributed by atoms with van der Waals surface area (Å²) in [4.78, 5) is 25.2. The van der Waals surface area contributed by atoms with Gasteiger partial charge in [0, 0.05) is 5.56 Å². The number of rotatable bonds is 14. The highest BCUT2D eigenvalue weighted by Crippen LogP contribution is 2.35. The maximum Gasteiger partial charge on any atom is 0.339 e. The van der Waals surface area contributed by atoms with Crippen LogP contribution < -0.4 is 0 Å². The van der Waals surface area contributed by atoms with Crippen LogP contribution in [0.4, 0.5) is 0 Å². The number of carbonyl (C=O) groups is 2. The van der Waals surface area contributed by atoms with E-state index in [1.165, 1.54) is 76.2 Å². The molecular weight excluding hydrogens is 480 g/mol. The standard InChI is InChI=1S/C32H50O6/c1-6-7-8-11-24-14-16-25(17-15-24)12-9-10-13-26-18-20-27(21-19-26)32-37-28(30(33)35-22(2)3)29(38-32)31(34)36-23(4)5/h18-25,28-29,32H,6-17H2,1-5H3/t24?,25?,28-,29-/m1/s1. The van der Waals surface area contributed by atoms with Crippen molar-refractivity contribution in [3.05, 3.63) is 35.4 Å². The Morgan fingerprint density at radius 1 is 0.763 bits per heavy atom. The van der Waals surface area contributed by atoms with Gasteiger partial charge in [0.1, 0.15) is 0 Å². The van der Waals surface area contributed by atoms with Crippen LogP contribution in [0.25, 0.3) is 0 Å². The molecule has 0 bridgehead atoms. The highest BCUT2D eigenvalue weighted by atomic mass is 16.8. The molecule has 0 amide bonds. The van der Waals surface area contributed by atoms with Crippen LogP contribution in [0.1, 0.15) is 123 Å². The Morgan fingerprint density at radius 2 is 1.24 bits per heavy atom. The topological polar surface area (TPSA) is 71.1 Å². The molecule has 38 heavy (non-hydrogen) atoms. The zero-order chi connectivity index (χ0) is 27.5. The van der Waals surface area contributed by atoms with Crippen molar-refractivity contribution >= 4 is 11.9 Å². The summed E-state index contributed by atoms with van der Waals surface area (Å²) in [6.45, 7) is 9.31. The van der Waals surface area contributed by atoms with Crippen molar-refractivity contribution < 1.29 is 28.5 Å². The molecule has 1 aromatic rings. The van der Waals surface area contributed by atoms with E-state index in [-0.39, 0.29) is 12.2 Å². The van der Waals surface area contributed by atoms with Gasteiger partial charge in [0.25, 0.3) is 0 Å². The first-order valence-electron chi connectivity index (χ1n) is 15.1. The van der Waals surface area contributed by atoms with E-state index in [0.717, 1.165) is 23.8 Å². The summed E-state index contributed by atoms with van der Waals surface area (Å²) >= 11 is 0. The molecule has 0 radical (unpaired) electrons. The van der Waals surface area contributed by atoms with Gasteiger partial charge in [-0.15, -0.1) is 0 Å². The lowest BCUT2D eigenvalue weighted by molar-refractivity contribution is -0.167. The van der Waals surface area contributed by atoms with Gasteiger partial charge in [0.15, 0.2) is 18.5 Å². The van der Waals surface area contributed by atoms with Crippen molar-refractivity contribution in [2.75, 3.05) is 0 Å². The molecule has 0 unspecified atom stereocenters. The number of ether oxygens (including phenoxy) is 4. The van der Waals surface area contributed by atoms with Gasteiger partial charge in [0.05, 0.1) is 12.2 Å². The molecule has 0 spiro atoms. The maximum atomic E-state index is 12.6. The summed E-state index contributed by atoms with van der Waals surface area (Å²) in [5.74, 6) is 0.670.